The number of anilines is 2. The van der Waals surface area contributed by atoms with E-state index in [2.05, 4.69) is 0 Å². The van der Waals surface area contributed by atoms with Crippen molar-refractivity contribution in [1.82, 2.24) is 0 Å². The number of nitrogens with two attached hydrogens (primary N) is 1. The molecule has 22 heavy (non-hydrogen) atoms. The fourth-order valence-corrected chi connectivity index (χ4v) is 2.30. The van der Waals surface area contributed by atoms with Crippen LogP contribution < -0.4 is 10.6 Å². The summed E-state index contributed by atoms with van der Waals surface area (Å²) in [7, 11) is 0. The molecule has 0 aliphatic rings. The van der Waals surface area contributed by atoms with Crippen LogP contribution in [0.2, 0.25) is 0 Å². The summed E-state index contributed by atoms with van der Waals surface area (Å²) in [4.78, 5) is 24.4. The molecule has 0 aliphatic heterocycles. The normalized spacial score (nSPS) is 10.1. The Balaban J connectivity index is 2.39. The van der Waals surface area contributed by atoms with Gasteiger partial charge in [0.2, 0.25) is 0 Å². The highest BCUT2D eigenvalue weighted by Crippen LogP contribution is 2.26. The van der Waals surface area contributed by atoms with Crippen molar-refractivity contribution in [1.29, 1.82) is 0 Å². The van der Waals surface area contributed by atoms with Crippen molar-refractivity contribution in [3.63, 3.8) is 0 Å². The number of ketones is 2. The first-order valence-electron chi connectivity index (χ1n) is 6.71. The van der Waals surface area contributed by atoms with Crippen molar-refractivity contribution in [3.05, 3.63) is 59.7 Å². The van der Waals surface area contributed by atoms with Crippen LogP contribution in [0.3, 0.4) is 0 Å². The molecule has 0 atom stereocenters. The second-order valence-electron chi connectivity index (χ2n) is 4.88. The highest BCUT2D eigenvalue weighted by atomic mass is 32.1. The summed E-state index contributed by atoms with van der Waals surface area (Å²) in [6, 6.07) is 14.1. The second-order valence-corrected chi connectivity index (χ2v) is 5.30. The van der Waals surface area contributed by atoms with E-state index in [-0.39, 0.29) is 16.7 Å². The Bertz CT molecular complexity index is 664. The number of nitrogens with zero attached hydrogens (tertiary/aromatic N) is 1. The van der Waals surface area contributed by atoms with Gasteiger partial charge in [-0.2, -0.15) is 0 Å². The molecule has 4 nitrogen and oxygen atoms in total. The molecule has 5 heteroatoms. The third-order valence-corrected chi connectivity index (χ3v) is 3.47. The average Bonchev–Trinajstić information content (AvgIpc) is 2.48. The molecule has 2 aromatic rings. The summed E-state index contributed by atoms with van der Waals surface area (Å²) in [6.07, 6.45) is 0. The summed E-state index contributed by atoms with van der Waals surface area (Å²) in [5.41, 5.74) is 8.58. The smallest absolute Gasteiger partial charge is 0.175 e. The minimum Gasteiger partial charge on any atom is -0.376 e. The molecule has 0 radical (unpaired) electrons. The first kappa shape index (κ1) is 15.9. The van der Waals surface area contributed by atoms with Crippen LogP contribution in [0, 0.1) is 0 Å². The van der Waals surface area contributed by atoms with Crippen LogP contribution >= 0.6 is 12.2 Å². The van der Waals surface area contributed by atoms with Gasteiger partial charge in [0.05, 0.1) is 0 Å². The van der Waals surface area contributed by atoms with E-state index in [1.165, 1.54) is 13.8 Å². The molecule has 0 heterocycles. The Kier molecular flexibility index (Phi) is 4.68. The quantitative estimate of drug-likeness (QED) is 0.692. The highest BCUT2D eigenvalue weighted by Gasteiger charge is 2.13. The van der Waals surface area contributed by atoms with Crippen molar-refractivity contribution in [2.75, 3.05) is 4.90 Å². The Morgan fingerprint density at radius 2 is 1.14 bits per heavy atom. The van der Waals surface area contributed by atoms with Gasteiger partial charge >= 0.3 is 0 Å². The third kappa shape index (κ3) is 3.38. The number of rotatable bonds is 4. The zero-order chi connectivity index (χ0) is 16.3. The van der Waals surface area contributed by atoms with Crippen LogP contribution in [0.25, 0.3) is 0 Å². The van der Waals surface area contributed by atoms with Gasteiger partial charge in [0.15, 0.2) is 16.7 Å². The van der Waals surface area contributed by atoms with E-state index < -0.39 is 0 Å². The molecule has 0 saturated heterocycles. The van der Waals surface area contributed by atoms with Crippen LogP contribution in [0.1, 0.15) is 34.6 Å². The van der Waals surface area contributed by atoms with E-state index in [1.807, 2.05) is 0 Å². The summed E-state index contributed by atoms with van der Waals surface area (Å²) in [6.45, 7) is 3.03. The monoisotopic (exact) mass is 312 g/mol. The molecule has 0 amide bonds. The largest absolute Gasteiger partial charge is 0.376 e. The van der Waals surface area contributed by atoms with Gasteiger partial charge in [0.25, 0.3) is 0 Å². The van der Waals surface area contributed by atoms with Gasteiger partial charge in [-0.25, -0.2) is 0 Å². The van der Waals surface area contributed by atoms with Gasteiger partial charge < -0.3 is 5.73 Å². The maximum absolute atomic E-state index is 11.3. The Labute approximate surface area is 134 Å². The molecule has 0 spiro atoms. The highest BCUT2D eigenvalue weighted by molar-refractivity contribution is 7.80. The minimum atomic E-state index is -0.000707. The number of carbonyl (C=O) groups is 2. The molecule has 0 fully saturated rings. The number of hydrogen-bond donors (Lipinski definition) is 1. The maximum atomic E-state index is 11.3. The van der Waals surface area contributed by atoms with E-state index in [4.69, 9.17) is 18.0 Å². The molecule has 2 aromatic carbocycles. The zero-order valence-electron chi connectivity index (χ0n) is 12.4. The van der Waals surface area contributed by atoms with E-state index >= 15 is 0 Å². The lowest BCUT2D eigenvalue weighted by Crippen LogP contribution is -2.31. The molecular weight excluding hydrogens is 296 g/mol. The van der Waals surface area contributed by atoms with Crippen molar-refractivity contribution >= 4 is 40.3 Å². The molecule has 0 aromatic heterocycles. The molecular formula is C17H16N2O2S. The lowest BCUT2D eigenvalue weighted by atomic mass is 10.1. The molecule has 2 rings (SSSR count). The lowest BCUT2D eigenvalue weighted by molar-refractivity contribution is 0.100. The fourth-order valence-electron chi connectivity index (χ4n) is 2.09. The molecule has 112 valence electrons. The Hall–Kier alpha value is -2.53. The van der Waals surface area contributed by atoms with Crippen LogP contribution in [0.5, 0.6) is 0 Å². The topological polar surface area (TPSA) is 63.4 Å². The first-order valence-corrected chi connectivity index (χ1v) is 7.12. The fraction of sp³-hybridized carbons (Fsp3) is 0.118. The molecule has 0 unspecified atom stereocenters. The maximum Gasteiger partial charge on any atom is 0.175 e. The molecule has 0 bridgehead atoms. The number of hydrogen-bond acceptors (Lipinski definition) is 3. The lowest BCUT2D eigenvalue weighted by Gasteiger charge is -2.23. The Morgan fingerprint density at radius 3 is 1.36 bits per heavy atom. The van der Waals surface area contributed by atoms with Crippen molar-refractivity contribution in [3.8, 4) is 0 Å². The number of benzene rings is 2. The standard InChI is InChI=1S/C17H16N2O2S/c1-11(20)13-3-7-15(8-4-13)19(17(18)22)16-9-5-14(6-10-16)12(2)21/h3-10H,1-2H3,(H2,18,22). The number of carbonyl (C=O) groups excluding carboxylic acids is 2. The second kappa shape index (κ2) is 6.49. The molecule has 0 saturated carbocycles. The summed E-state index contributed by atoms with van der Waals surface area (Å²) >= 11 is 5.12. The van der Waals surface area contributed by atoms with Crippen molar-refractivity contribution < 1.29 is 9.59 Å². The number of thiocarbonyl (C=S) groups is 1. The van der Waals surface area contributed by atoms with Gasteiger partial charge in [0.1, 0.15) is 0 Å². The van der Waals surface area contributed by atoms with Crippen molar-refractivity contribution in [2.24, 2.45) is 5.73 Å². The average molecular weight is 312 g/mol. The van der Waals surface area contributed by atoms with Crippen LogP contribution in [-0.2, 0) is 0 Å². The zero-order valence-corrected chi connectivity index (χ0v) is 13.2. The molecule has 0 aliphatic carbocycles. The van der Waals surface area contributed by atoms with Gasteiger partial charge in [0, 0.05) is 22.5 Å². The predicted molar refractivity (Wildman–Crippen MR) is 91.8 cm³/mol. The van der Waals surface area contributed by atoms with Crippen LogP contribution in [-0.4, -0.2) is 16.7 Å². The molecule has 2 N–H and O–H groups in total. The van der Waals surface area contributed by atoms with E-state index in [0.29, 0.717) is 11.1 Å². The summed E-state index contributed by atoms with van der Waals surface area (Å²) < 4.78 is 0. The van der Waals surface area contributed by atoms with E-state index in [9.17, 15) is 9.59 Å². The van der Waals surface area contributed by atoms with Crippen LogP contribution in [0.15, 0.2) is 48.5 Å². The van der Waals surface area contributed by atoms with Gasteiger partial charge in [-0.15, -0.1) is 0 Å². The number of Topliss-reactive ketones (excluding diaryl/α,β-unsaturated/α-hetero) is 2. The first-order chi connectivity index (χ1) is 10.4. The minimum absolute atomic E-state index is 0.000707. The third-order valence-electron chi connectivity index (χ3n) is 3.28. The SMILES string of the molecule is CC(=O)c1ccc(N(C(N)=S)c2ccc(C(C)=O)cc2)cc1. The van der Waals surface area contributed by atoms with Gasteiger partial charge in [-0.3, -0.25) is 14.5 Å². The van der Waals surface area contributed by atoms with Crippen molar-refractivity contribution in [2.45, 2.75) is 13.8 Å². The van der Waals surface area contributed by atoms with Gasteiger partial charge in [-0.1, -0.05) is 0 Å². The van der Waals surface area contributed by atoms with Crippen LogP contribution in [0.4, 0.5) is 11.4 Å². The van der Waals surface area contributed by atoms with Gasteiger partial charge in [-0.05, 0) is 74.6 Å². The Morgan fingerprint density at radius 1 is 0.818 bits per heavy atom. The summed E-state index contributed by atoms with van der Waals surface area (Å²) in [5, 5.41) is 0.186. The van der Waals surface area contributed by atoms with E-state index in [1.54, 1.807) is 53.4 Å². The van der Waals surface area contributed by atoms with E-state index in [0.717, 1.165) is 11.4 Å². The predicted octanol–water partition coefficient (Wildman–Crippen LogP) is 3.47. The summed E-state index contributed by atoms with van der Waals surface area (Å²) in [5.74, 6) is -0.00141.